The van der Waals surface area contributed by atoms with Gasteiger partial charge in [0.05, 0.1) is 18.5 Å². The van der Waals surface area contributed by atoms with E-state index in [-0.39, 0.29) is 4.90 Å². The van der Waals surface area contributed by atoms with Crippen LogP contribution in [0.5, 0.6) is 0 Å². The molecule has 0 radical (unpaired) electrons. The summed E-state index contributed by atoms with van der Waals surface area (Å²) in [4.78, 5) is -0.186. The molecule has 0 saturated heterocycles. The summed E-state index contributed by atoms with van der Waals surface area (Å²) >= 11 is 0. The van der Waals surface area contributed by atoms with Gasteiger partial charge in [-0.2, -0.15) is 0 Å². The third-order valence-electron chi connectivity index (χ3n) is 5.54. The van der Waals surface area contributed by atoms with Crippen molar-refractivity contribution in [1.29, 1.82) is 0 Å². The van der Waals surface area contributed by atoms with Gasteiger partial charge in [-0.3, -0.25) is 0 Å². The Hall–Kier alpha value is -2.79. The molecule has 3 aromatic carbocycles. The minimum Gasteiger partial charge on any atom is -0.744 e. The average molecular weight is 495 g/mol. The summed E-state index contributed by atoms with van der Waals surface area (Å²) < 4.78 is 38.4. The molecule has 0 N–H and O–H groups in total. The summed E-state index contributed by atoms with van der Waals surface area (Å²) in [5.74, 6) is 1.33. The van der Waals surface area contributed by atoms with Crippen molar-refractivity contribution in [2.45, 2.75) is 38.1 Å². The summed E-state index contributed by atoms with van der Waals surface area (Å²) in [5, 5.41) is 3.05. The largest absolute Gasteiger partial charge is 0.744 e. The Labute approximate surface area is 204 Å². The molecule has 0 bridgehead atoms. The van der Waals surface area contributed by atoms with E-state index in [4.69, 9.17) is 0 Å². The molecule has 0 unspecified atom stereocenters. The maximum Gasteiger partial charge on any atom is 0.253 e. The first-order valence-electron chi connectivity index (χ1n) is 11.3. The Morgan fingerprint density at radius 1 is 0.882 bits per heavy atom. The third kappa shape index (κ3) is 6.86. The van der Waals surface area contributed by atoms with Crippen molar-refractivity contribution in [3.05, 3.63) is 103 Å². The zero-order valence-electron chi connectivity index (χ0n) is 19.8. The van der Waals surface area contributed by atoms with Crippen LogP contribution in [0.25, 0.3) is 0 Å². The Kier molecular flexibility index (Phi) is 9.17. The molecule has 0 amide bonds. The molecule has 4 aromatic rings. The smallest absolute Gasteiger partial charge is 0.253 e. The maximum absolute atomic E-state index is 11.3. The first kappa shape index (κ1) is 25.8. The molecule has 0 saturated carbocycles. The van der Waals surface area contributed by atoms with Crippen LogP contribution in [0.2, 0.25) is 0 Å². The van der Waals surface area contributed by atoms with Crippen molar-refractivity contribution in [1.82, 2.24) is 4.57 Å². The summed E-state index contributed by atoms with van der Waals surface area (Å²) in [7, 11) is -3.29. The number of aromatic nitrogens is 2. The highest BCUT2D eigenvalue weighted by atomic mass is 32.2. The number of unbranched alkanes of at least 4 members (excludes halogenated alkanes) is 1. The fraction of sp³-hybridized carbons (Fsp3) is 0.222. The van der Waals surface area contributed by atoms with Crippen molar-refractivity contribution >= 4 is 34.0 Å². The molecule has 0 atom stereocenters. The van der Waals surface area contributed by atoms with Gasteiger partial charge in [-0.15, -0.1) is 0 Å². The lowest BCUT2D eigenvalue weighted by molar-refractivity contribution is -0.702. The Morgan fingerprint density at radius 2 is 1.44 bits per heavy atom. The van der Waals surface area contributed by atoms with Crippen molar-refractivity contribution in [2.24, 2.45) is 7.05 Å². The first-order chi connectivity index (χ1) is 16.3. The van der Waals surface area contributed by atoms with Gasteiger partial charge >= 0.3 is 0 Å². The molecule has 4 rings (SSSR count). The van der Waals surface area contributed by atoms with Crippen molar-refractivity contribution in [2.75, 3.05) is 0 Å². The van der Waals surface area contributed by atoms with Crippen LogP contribution in [-0.2, 0) is 23.7 Å². The second-order valence-corrected chi connectivity index (χ2v) is 11.6. The number of aryl methyl sites for hydroxylation is 2. The van der Waals surface area contributed by atoms with E-state index >= 15 is 0 Å². The average Bonchev–Trinajstić information content (AvgIpc) is 3.17. The van der Waals surface area contributed by atoms with Gasteiger partial charge in [-0.1, -0.05) is 86.1 Å². The van der Waals surface area contributed by atoms with Crippen LogP contribution in [0.15, 0.2) is 102 Å². The second-order valence-electron chi connectivity index (χ2n) is 7.96. The van der Waals surface area contributed by atoms with Crippen LogP contribution in [-0.4, -0.2) is 17.5 Å². The molecule has 1 heterocycles. The van der Waals surface area contributed by atoms with Crippen molar-refractivity contribution < 1.29 is 17.5 Å². The lowest BCUT2D eigenvalue weighted by Crippen LogP contribution is -2.35. The molecule has 178 valence electrons. The molecule has 1 aromatic heterocycles. The van der Waals surface area contributed by atoms with Gasteiger partial charge in [-0.05, 0) is 42.4 Å². The quantitative estimate of drug-likeness (QED) is 0.223. The molecular formula is C27H31N2O3PS. The highest BCUT2D eigenvalue weighted by molar-refractivity contribution is 7.86. The predicted molar refractivity (Wildman–Crippen MR) is 138 cm³/mol. The van der Waals surface area contributed by atoms with Gasteiger partial charge in [0.1, 0.15) is 22.5 Å². The summed E-state index contributed by atoms with van der Waals surface area (Å²) in [6, 6.07) is 26.2. The van der Waals surface area contributed by atoms with Gasteiger partial charge in [0, 0.05) is 6.92 Å². The monoisotopic (exact) mass is 494 g/mol. The zero-order chi connectivity index (χ0) is 24.6. The first-order valence-corrected chi connectivity index (χ1v) is 14.0. The van der Waals surface area contributed by atoms with E-state index in [1.54, 1.807) is 6.07 Å². The Morgan fingerprint density at radius 3 is 1.91 bits per heavy atom. The molecular weight excluding hydrogens is 463 g/mol. The molecule has 0 spiro atoms. The number of benzene rings is 3. The topological polar surface area (TPSA) is 66.0 Å². The van der Waals surface area contributed by atoms with E-state index in [1.165, 1.54) is 30.8 Å². The molecule has 0 aliphatic rings. The van der Waals surface area contributed by atoms with E-state index in [1.807, 2.05) is 66.7 Å². The van der Waals surface area contributed by atoms with E-state index in [2.05, 4.69) is 42.4 Å². The number of nitrogens with zero attached hydrogens (tertiary/aromatic N) is 2. The molecule has 0 aliphatic heterocycles. The van der Waals surface area contributed by atoms with Crippen molar-refractivity contribution in [3.63, 3.8) is 0 Å². The zero-order valence-corrected chi connectivity index (χ0v) is 21.5. The maximum atomic E-state index is 11.3. The Bertz CT molecular complexity index is 1250. The second kappa shape index (κ2) is 12.1. The van der Waals surface area contributed by atoms with Gasteiger partial charge in [0.15, 0.2) is 0 Å². The summed E-state index contributed by atoms with van der Waals surface area (Å²) in [6.45, 7) is 5.53. The predicted octanol–water partition coefficient (Wildman–Crippen LogP) is 3.77. The van der Waals surface area contributed by atoms with E-state index in [0.717, 1.165) is 22.5 Å². The van der Waals surface area contributed by atoms with Gasteiger partial charge in [0.25, 0.3) is 5.82 Å². The standard InChI is InChI=1S/C18H15O3PS.C9H17N2/c19-23(20,21)18-13-7-12-17(14-18)22(15-8-3-1-4-9-15)16-10-5-2-6-11-16;1-4-5-6-11-8-7-10(3)9(11)2/h1-14H,(H,19,20,21);7-8H,4-6H2,1-3H3/q;+1/p-1. The van der Waals surface area contributed by atoms with Crippen LogP contribution in [0.3, 0.4) is 0 Å². The highest BCUT2D eigenvalue weighted by Crippen LogP contribution is 2.33. The summed E-state index contributed by atoms with van der Waals surface area (Å²) in [5.41, 5.74) is 0. The summed E-state index contributed by atoms with van der Waals surface area (Å²) in [6.07, 6.45) is 6.78. The third-order valence-corrected chi connectivity index (χ3v) is 8.80. The van der Waals surface area contributed by atoms with E-state index in [0.29, 0.717) is 0 Å². The SMILES string of the molecule is CCCC[n+]1ccn(C)c1C.O=S(=O)([O-])c1cccc(P(c2ccccc2)c2ccccc2)c1. The Balaban J connectivity index is 0.000000248. The lowest BCUT2D eigenvalue weighted by atomic mass is 10.3. The molecule has 0 aliphatic carbocycles. The number of rotatable bonds is 7. The van der Waals surface area contributed by atoms with E-state index < -0.39 is 18.0 Å². The van der Waals surface area contributed by atoms with E-state index in [9.17, 15) is 13.0 Å². The van der Waals surface area contributed by atoms with Crippen LogP contribution in [0.1, 0.15) is 25.6 Å². The van der Waals surface area contributed by atoms with Crippen LogP contribution in [0.4, 0.5) is 0 Å². The van der Waals surface area contributed by atoms with Crippen LogP contribution in [0, 0.1) is 6.92 Å². The fourth-order valence-electron chi connectivity index (χ4n) is 3.54. The van der Waals surface area contributed by atoms with Crippen LogP contribution >= 0.6 is 7.92 Å². The lowest BCUT2D eigenvalue weighted by Gasteiger charge is -2.20. The number of hydrogen-bond acceptors (Lipinski definition) is 3. The molecule has 34 heavy (non-hydrogen) atoms. The van der Waals surface area contributed by atoms with Gasteiger partial charge in [-0.25, -0.2) is 17.6 Å². The highest BCUT2D eigenvalue weighted by Gasteiger charge is 2.17. The molecule has 5 nitrogen and oxygen atoms in total. The molecule has 7 heteroatoms. The number of imidazole rings is 1. The normalized spacial score (nSPS) is 11.2. The minimum atomic E-state index is -4.46. The van der Waals surface area contributed by atoms with Gasteiger partial charge < -0.3 is 4.55 Å². The minimum absolute atomic E-state index is 0.186. The van der Waals surface area contributed by atoms with Gasteiger partial charge in [0.2, 0.25) is 0 Å². The van der Waals surface area contributed by atoms with Crippen LogP contribution < -0.4 is 20.5 Å². The van der Waals surface area contributed by atoms with Crippen molar-refractivity contribution in [3.8, 4) is 0 Å². The fourth-order valence-corrected chi connectivity index (χ4v) is 6.49. The molecule has 0 fully saturated rings. The number of hydrogen-bond donors (Lipinski definition) is 0.